The molecule has 0 saturated carbocycles. The molecule has 5 nitrogen and oxygen atoms in total. The largest absolute Gasteiger partial charge is 0.478 e. The molecule has 1 heterocycles. The predicted molar refractivity (Wildman–Crippen MR) is 56.3 cm³/mol. The predicted octanol–water partition coefficient (Wildman–Crippen LogP) is 1.60. The summed E-state index contributed by atoms with van der Waals surface area (Å²) in [6.45, 7) is 4.60. The summed E-state index contributed by atoms with van der Waals surface area (Å²) >= 11 is 0. The molecule has 78 valence electrons. The Kier molecular flexibility index (Phi) is 3.56. The van der Waals surface area contributed by atoms with Crippen molar-refractivity contribution in [2.24, 2.45) is 0 Å². The molecule has 1 aromatic heterocycles. The molecule has 2 aromatic rings. The first-order valence-electron chi connectivity index (χ1n) is 4.25. The fourth-order valence-electron chi connectivity index (χ4n) is 0.786. The van der Waals surface area contributed by atoms with Crippen LogP contribution >= 0.6 is 0 Å². The van der Waals surface area contributed by atoms with Gasteiger partial charge in [0.15, 0.2) is 0 Å². The number of aliphatic carboxylic acids is 1. The minimum atomic E-state index is -0.935. The molecule has 0 bridgehead atoms. The highest BCUT2D eigenvalue weighted by Crippen LogP contribution is 2.03. The van der Waals surface area contributed by atoms with E-state index < -0.39 is 5.97 Å². The number of para-hydroxylation sites is 2. The van der Waals surface area contributed by atoms with E-state index in [9.17, 15) is 4.79 Å². The number of hydrogen-bond acceptors (Lipinski definition) is 3. The van der Waals surface area contributed by atoms with Crippen molar-refractivity contribution in [2.75, 3.05) is 0 Å². The number of aromatic amines is 1. The number of H-pyrrole nitrogens is 1. The lowest BCUT2D eigenvalue weighted by molar-refractivity contribution is -0.132. The van der Waals surface area contributed by atoms with Gasteiger partial charge in [-0.15, -0.1) is 0 Å². The molecule has 15 heavy (non-hydrogen) atoms. The zero-order valence-electron chi connectivity index (χ0n) is 8.27. The number of carboxylic acids is 1. The first-order chi connectivity index (χ1) is 7.11. The smallest absolute Gasteiger partial charge is 0.330 e. The van der Waals surface area contributed by atoms with Gasteiger partial charge in [-0.05, 0) is 19.1 Å². The van der Waals surface area contributed by atoms with Crippen LogP contribution in [-0.4, -0.2) is 26.5 Å². The number of rotatable bonds is 1. The van der Waals surface area contributed by atoms with Crippen LogP contribution in [0, 0.1) is 0 Å². The van der Waals surface area contributed by atoms with Crippen molar-refractivity contribution in [1.29, 1.82) is 0 Å². The van der Waals surface area contributed by atoms with E-state index in [-0.39, 0.29) is 5.57 Å². The SMILES string of the molecule is C=C(C)C(=O)O.c1ccc2n[nH]nc2c1. The number of fused-ring (bicyclic) bond motifs is 1. The van der Waals surface area contributed by atoms with Crippen molar-refractivity contribution in [3.05, 3.63) is 36.4 Å². The number of nitrogens with zero attached hydrogens (tertiary/aromatic N) is 2. The van der Waals surface area contributed by atoms with E-state index in [0.717, 1.165) is 11.0 Å². The van der Waals surface area contributed by atoms with Crippen LogP contribution in [0.15, 0.2) is 36.4 Å². The minimum Gasteiger partial charge on any atom is -0.478 e. The highest BCUT2D eigenvalue weighted by atomic mass is 16.4. The van der Waals surface area contributed by atoms with Crippen molar-refractivity contribution in [3.63, 3.8) is 0 Å². The van der Waals surface area contributed by atoms with Gasteiger partial charge in [-0.3, -0.25) is 0 Å². The van der Waals surface area contributed by atoms with E-state index in [1.165, 1.54) is 6.92 Å². The molecule has 1 aromatic carbocycles. The summed E-state index contributed by atoms with van der Waals surface area (Å²) in [5.74, 6) is -0.935. The van der Waals surface area contributed by atoms with Gasteiger partial charge in [-0.2, -0.15) is 15.4 Å². The van der Waals surface area contributed by atoms with Gasteiger partial charge in [-0.25, -0.2) is 4.79 Å². The Hall–Kier alpha value is -2.17. The Morgan fingerprint density at radius 3 is 2.07 bits per heavy atom. The second-order valence-electron chi connectivity index (χ2n) is 2.90. The van der Waals surface area contributed by atoms with Gasteiger partial charge in [0.1, 0.15) is 11.0 Å². The zero-order chi connectivity index (χ0) is 11.3. The molecular weight excluding hydrogens is 194 g/mol. The maximum atomic E-state index is 9.60. The molecule has 0 spiro atoms. The van der Waals surface area contributed by atoms with Crippen molar-refractivity contribution < 1.29 is 9.90 Å². The third kappa shape index (κ3) is 3.22. The third-order valence-corrected chi connectivity index (χ3v) is 1.59. The summed E-state index contributed by atoms with van der Waals surface area (Å²) in [5, 5.41) is 18.2. The van der Waals surface area contributed by atoms with E-state index in [1.807, 2.05) is 24.3 Å². The average Bonchev–Trinajstić information content (AvgIpc) is 2.66. The molecule has 0 amide bonds. The summed E-state index contributed by atoms with van der Waals surface area (Å²) < 4.78 is 0. The summed E-state index contributed by atoms with van der Waals surface area (Å²) in [6, 6.07) is 7.70. The molecule has 0 fully saturated rings. The van der Waals surface area contributed by atoms with Crippen LogP contribution in [0.4, 0.5) is 0 Å². The quantitative estimate of drug-likeness (QED) is 0.693. The van der Waals surface area contributed by atoms with E-state index in [4.69, 9.17) is 5.11 Å². The zero-order valence-corrected chi connectivity index (χ0v) is 8.27. The second-order valence-corrected chi connectivity index (χ2v) is 2.90. The van der Waals surface area contributed by atoms with E-state index in [0.29, 0.717) is 0 Å². The van der Waals surface area contributed by atoms with Crippen LogP contribution in [0.25, 0.3) is 11.0 Å². The topological polar surface area (TPSA) is 78.9 Å². The monoisotopic (exact) mass is 205 g/mol. The van der Waals surface area contributed by atoms with Crippen molar-refractivity contribution in [2.45, 2.75) is 6.92 Å². The van der Waals surface area contributed by atoms with Gasteiger partial charge >= 0.3 is 5.97 Å². The van der Waals surface area contributed by atoms with Crippen LogP contribution in [0.2, 0.25) is 0 Å². The second kappa shape index (κ2) is 4.90. The maximum absolute atomic E-state index is 9.60. The molecular formula is C10H11N3O2. The van der Waals surface area contributed by atoms with Crippen LogP contribution in [0.5, 0.6) is 0 Å². The van der Waals surface area contributed by atoms with Crippen molar-refractivity contribution in [1.82, 2.24) is 15.4 Å². The normalized spacial score (nSPS) is 9.13. The molecule has 0 aliphatic heterocycles. The van der Waals surface area contributed by atoms with Gasteiger partial charge in [0.2, 0.25) is 0 Å². The Morgan fingerprint density at radius 2 is 1.73 bits per heavy atom. The molecule has 0 saturated heterocycles. The maximum Gasteiger partial charge on any atom is 0.330 e. The number of benzene rings is 1. The fourth-order valence-corrected chi connectivity index (χ4v) is 0.786. The Bertz CT molecular complexity index is 434. The lowest BCUT2D eigenvalue weighted by atomic mass is 10.3. The lowest BCUT2D eigenvalue weighted by Gasteiger charge is -1.79. The lowest BCUT2D eigenvalue weighted by Crippen LogP contribution is -1.92. The highest BCUT2D eigenvalue weighted by Gasteiger charge is 1.91. The van der Waals surface area contributed by atoms with Gasteiger partial charge in [0.05, 0.1) is 0 Å². The molecule has 2 N–H and O–H groups in total. The van der Waals surface area contributed by atoms with Crippen LogP contribution in [-0.2, 0) is 4.79 Å². The standard InChI is InChI=1S/C6H5N3.C4H6O2/c1-2-4-6-5(3-1)7-9-8-6;1-3(2)4(5)6/h1-4H,(H,7,8,9);1H2,2H3,(H,5,6). The van der Waals surface area contributed by atoms with Gasteiger partial charge < -0.3 is 5.11 Å². The van der Waals surface area contributed by atoms with Crippen molar-refractivity contribution in [3.8, 4) is 0 Å². The van der Waals surface area contributed by atoms with E-state index in [2.05, 4.69) is 22.0 Å². The molecule has 5 heteroatoms. The average molecular weight is 205 g/mol. The highest BCUT2D eigenvalue weighted by molar-refractivity contribution is 5.84. The molecule has 0 aliphatic rings. The number of aromatic nitrogens is 3. The Morgan fingerprint density at radius 1 is 1.33 bits per heavy atom. The number of hydrogen-bond donors (Lipinski definition) is 2. The summed E-state index contributed by atoms with van der Waals surface area (Å²) in [7, 11) is 0. The molecule has 0 unspecified atom stereocenters. The van der Waals surface area contributed by atoms with E-state index >= 15 is 0 Å². The molecule has 0 atom stereocenters. The molecule has 0 aliphatic carbocycles. The summed E-state index contributed by atoms with van der Waals surface area (Å²) in [5.41, 5.74) is 2.00. The molecule has 0 radical (unpaired) electrons. The van der Waals surface area contributed by atoms with Crippen LogP contribution in [0.1, 0.15) is 6.92 Å². The molecule has 2 rings (SSSR count). The first-order valence-corrected chi connectivity index (χ1v) is 4.25. The van der Waals surface area contributed by atoms with Crippen molar-refractivity contribution >= 4 is 17.0 Å². The summed E-state index contributed by atoms with van der Waals surface area (Å²) in [4.78, 5) is 9.60. The van der Waals surface area contributed by atoms with Crippen LogP contribution < -0.4 is 0 Å². The van der Waals surface area contributed by atoms with Gasteiger partial charge in [0.25, 0.3) is 0 Å². The third-order valence-electron chi connectivity index (χ3n) is 1.59. The minimum absolute atomic E-state index is 0.176. The fraction of sp³-hybridized carbons (Fsp3) is 0.100. The number of carboxylic acid groups (broad SMARTS) is 1. The first kappa shape index (κ1) is 10.9. The number of carbonyl (C=O) groups is 1. The Labute approximate surface area is 86.4 Å². The Balaban J connectivity index is 0.000000167. The number of nitrogens with one attached hydrogen (secondary N) is 1. The van der Waals surface area contributed by atoms with Gasteiger partial charge in [0, 0.05) is 5.57 Å². The summed E-state index contributed by atoms with van der Waals surface area (Å²) in [6.07, 6.45) is 0. The van der Waals surface area contributed by atoms with E-state index in [1.54, 1.807) is 0 Å². The van der Waals surface area contributed by atoms with Gasteiger partial charge in [-0.1, -0.05) is 18.7 Å². The van der Waals surface area contributed by atoms with Crippen LogP contribution in [0.3, 0.4) is 0 Å².